The van der Waals surface area contributed by atoms with Crippen LogP contribution in [0.15, 0.2) is 0 Å². The number of halogens is 3. The van der Waals surface area contributed by atoms with Gasteiger partial charge in [-0.1, -0.05) is 20.8 Å². The number of β-amino-alcohol motifs (C(OH)–C–C–N with tert-alkyl or cyclic N) is 1. The molecule has 0 radical (unpaired) electrons. The first kappa shape index (κ1) is 17.4. The first-order chi connectivity index (χ1) is 9.96. The Kier molecular flexibility index (Phi) is 4.41. The quantitative estimate of drug-likeness (QED) is 0.821. The van der Waals surface area contributed by atoms with Crippen LogP contribution in [0.25, 0.3) is 0 Å². The van der Waals surface area contributed by atoms with Gasteiger partial charge in [-0.15, -0.1) is 0 Å². The van der Waals surface area contributed by atoms with Crippen molar-refractivity contribution in [2.75, 3.05) is 19.6 Å². The summed E-state index contributed by atoms with van der Waals surface area (Å²) in [7, 11) is 0. The van der Waals surface area contributed by atoms with Crippen LogP contribution in [-0.4, -0.2) is 48.0 Å². The minimum Gasteiger partial charge on any atom is -0.391 e. The molecule has 0 aromatic carbocycles. The summed E-state index contributed by atoms with van der Waals surface area (Å²) in [6.45, 7) is 6.38. The van der Waals surface area contributed by atoms with Crippen LogP contribution in [0.2, 0.25) is 0 Å². The van der Waals surface area contributed by atoms with Crippen molar-refractivity contribution >= 4 is 6.03 Å². The molecule has 1 aliphatic carbocycles. The average Bonchev–Trinajstić information content (AvgIpc) is 3.14. The molecule has 1 saturated carbocycles. The number of hydrogen-bond acceptors (Lipinski definition) is 2. The van der Waals surface area contributed by atoms with Crippen molar-refractivity contribution in [2.45, 2.75) is 52.3 Å². The Labute approximate surface area is 129 Å². The largest absolute Gasteiger partial charge is 0.396 e. The Bertz CT molecular complexity index is 427. The van der Waals surface area contributed by atoms with Gasteiger partial charge >= 0.3 is 12.2 Å². The van der Waals surface area contributed by atoms with Crippen LogP contribution >= 0.6 is 0 Å². The minimum atomic E-state index is -4.26. The number of nitrogens with one attached hydrogen (secondary N) is 1. The maximum Gasteiger partial charge on any atom is 0.396 e. The van der Waals surface area contributed by atoms with E-state index in [1.54, 1.807) is 0 Å². The molecule has 2 atom stereocenters. The molecule has 2 amide bonds. The third-order valence-corrected chi connectivity index (χ3v) is 5.01. The lowest BCUT2D eigenvalue weighted by Crippen LogP contribution is -2.53. The third-order valence-electron chi connectivity index (χ3n) is 5.01. The van der Waals surface area contributed by atoms with Crippen LogP contribution in [0, 0.1) is 16.7 Å². The molecule has 2 rings (SSSR count). The van der Waals surface area contributed by atoms with Gasteiger partial charge in [-0.25, -0.2) is 4.79 Å². The molecular formula is C15H25F3N2O2. The number of carbonyl (C=O) groups excluding carboxylic acids is 1. The van der Waals surface area contributed by atoms with Crippen molar-refractivity contribution < 1.29 is 23.1 Å². The summed E-state index contributed by atoms with van der Waals surface area (Å²) in [5, 5.41) is 12.6. The van der Waals surface area contributed by atoms with Crippen molar-refractivity contribution in [3.8, 4) is 0 Å². The summed E-state index contributed by atoms with van der Waals surface area (Å²) >= 11 is 0. The Morgan fingerprint density at radius 1 is 1.32 bits per heavy atom. The highest BCUT2D eigenvalue weighted by atomic mass is 19.4. The highest BCUT2D eigenvalue weighted by Crippen LogP contribution is 2.57. The van der Waals surface area contributed by atoms with Gasteiger partial charge in [0.1, 0.15) is 0 Å². The second kappa shape index (κ2) is 5.58. The van der Waals surface area contributed by atoms with Gasteiger partial charge in [0.15, 0.2) is 0 Å². The molecule has 0 aromatic heterocycles. The van der Waals surface area contributed by atoms with Gasteiger partial charge in [-0.2, -0.15) is 13.2 Å². The van der Waals surface area contributed by atoms with E-state index in [2.05, 4.69) is 5.32 Å². The van der Waals surface area contributed by atoms with E-state index in [9.17, 15) is 23.1 Å². The number of aliphatic hydroxyl groups excluding tert-OH is 1. The summed E-state index contributed by atoms with van der Waals surface area (Å²) < 4.78 is 38.5. The summed E-state index contributed by atoms with van der Waals surface area (Å²) in [4.78, 5) is 13.5. The van der Waals surface area contributed by atoms with Gasteiger partial charge in [0, 0.05) is 19.6 Å². The number of alkyl halides is 3. The standard InChI is InChI=1S/C15H25F3N2O2/c1-13(2,3)10-4-7-20(8-11(10)21)12(22)19-9-14(5-6-14)15(16,17)18/h10-11,21H,4-9H2,1-3H3,(H,19,22). The fraction of sp³-hybridized carbons (Fsp3) is 0.933. The maximum atomic E-state index is 12.8. The fourth-order valence-corrected chi connectivity index (χ4v) is 3.19. The van der Waals surface area contributed by atoms with E-state index < -0.39 is 23.7 Å². The molecule has 2 unspecified atom stereocenters. The van der Waals surface area contributed by atoms with Gasteiger partial charge in [0.2, 0.25) is 0 Å². The van der Waals surface area contributed by atoms with Gasteiger partial charge in [-0.05, 0) is 30.6 Å². The van der Waals surface area contributed by atoms with Crippen LogP contribution in [0.1, 0.15) is 40.0 Å². The zero-order chi connectivity index (χ0) is 16.8. The topological polar surface area (TPSA) is 52.6 Å². The smallest absolute Gasteiger partial charge is 0.391 e. The molecule has 0 spiro atoms. The average molecular weight is 322 g/mol. The fourth-order valence-electron chi connectivity index (χ4n) is 3.19. The molecule has 0 aromatic rings. The summed E-state index contributed by atoms with van der Waals surface area (Å²) in [6.07, 6.45) is -4.10. The van der Waals surface area contributed by atoms with E-state index >= 15 is 0 Å². The molecule has 1 aliphatic heterocycles. The van der Waals surface area contributed by atoms with Crippen LogP contribution in [-0.2, 0) is 0 Å². The number of piperidine rings is 1. The van der Waals surface area contributed by atoms with E-state index in [0.717, 1.165) is 0 Å². The predicted octanol–water partition coefficient (Wildman–Crippen LogP) is 2.77. The van der Waals surface area contributed by atoms with E-state index in [1.165, 1.54) is 4.90 Å². The first-order valence-electron chi connectivity index (χ1n) is 7.74. The number of urea groups is 1. The number of hydrogen-bond donors (Lipinski definition) is 2. The molecule has 2 fully saturated rings. The van der Waals surface area contributed by atoms with Crippen LogP contribution < -0.4 is 5.32 Å². The molecule has 2 aliphatic rings. The number of nitrogens with zero attached hydrogens (tertiary/aromatic N) is 1. The van der Waals surface area contributed by atoms with Gasteiger partial charge < -0.3 is 15.3 Å². The normalized spacial score (nSPS) is 28.4. The summed E-state index contributed by atoms with van der Waals surface area (Å²) in [6, 6.07) is -0.512. The van der Waals surface area contributed by atoms with Crippen molar-refractivity contribution in [1.82, 2.24) is 10.2 Å². The Balaban J connectivity index is 1.85. The minimum absolute atomic E-state index is 0.0592. The van der Waals surface area contributed by atoms with Crippen molar-refractivity contribution in [2.24, 2.45) is 16.7 Å². The summed E-state index contributed by atoms with van der Waals surface area (Å²) in [5.41, 5.74) is -1.79. The van der Waals surface area contributed by atoms with Crippen LogP contribution in [0.3, 0.4) is 0 Å². The van der Waals surface area contributed by atoms with Crippen LogP contribution in [0.4, 0.5) is 18.0 Å². The molecule has 1 heterocycles. The zero-order valence-corrected chi connectivity index (χ0v) is 13.3. The van der Waals surface area contributed by atoms with Crippen molar-refractivity contribution in [3.05, 3.63) is 0 Å². The Morgan fingerprint density at radius 3 is 2.32 bits per heavy atom. The van der Waals surface area contributed by atoms with E-state index in [4.69, 9.17) is 0 Å². The monoisotopic (exact) mass is 322 g/mol. The maximum absolute atomic E-state index is 12.8. The number of carbonyl (C=O) groups is 1. The first-order valence-corrected chi connectivity index (χ1v) is 7.74. The highest BCUT2D eigenvalue weighted by molar-refractivity contribution is 5.74. The summed E-state index contributed by atoms with van der Waals surface area (Å²) in [5.74, 6) is 0.0847. The lowest BCUT2D eigenvalue weighted by molar-refractivity contribution is -0.184. The number of amides is 2. The molecule has 7 heteroatoms. The lowest BCUT2D eigenvalue weighted by Gasteiger charge is -2.42. The molecule has 1 saturated heterocycles. The van der Waals surface area contributed by atoms with E-state index in [-0.39, 0.29) is 37.3 Å². The van der Waals surface area contributed by atoms with Gasteiger partial charge in [0.05, 0.1) is 11.5 Å². The Hall–Kier alpha value is -0.980. The predicted molar refractivity (Wildman–Crippen MR) is 76.3 cm³/mol. The molecule has 128 valence electrons. The molecule has 0 bridgehead atoms. The SMILES string of the molecule is CC(C)(C)C1CCN(C(=O)NCC2(C(F)(F)F)CC2)CC1O. The van der Waals surface area contributed by atoms with Crippen molar-refractivity contribution in [1.29, 1.82) is 0 Å². The van der Waals surface area contributed by atoms with E-state index in [1.807, 2.05) is 20.8 Å². The molecule has 4 nitrogen and oxygen atoms in total. The number of aliphatic hydroxyl groups is 1. The third kappa shape index (κ3) is 3.50. The second-order valence-corrected chi connectivity index (χ2v) is 7.71. The molecular weight excluding hydrogens is 297 g/mol. The molecule has 22 heavy (non-hydrogen) atoms. The highest BCUT2D eigenvalue weighted by Gasteiger charge is 2.63. The van der Waals surface area contributed by atoms with Crippen molar-refractivity contribution in [3.63, 3.8) is 0 Å². The second-order valence-electron chi connectivity index (χ2n) is 7.71. The number of likely N-dealkylation sites (tertiary alicyclic amines) is 1. The zero-order valence-electron chi connectivity index (χ0n) is 13.3. The van der Waals surface area contributed by atoms with Gasteiger partial charge in [0.25, 0.3) is 0 Å². The lowest BCUT2D eigenvalue weighted by atomic mass is 9.74. The van der Waals surface area contributed by atoms with Crippen LogP contribution in [0.5, 0.6) is 0 Å². The van der Waals surface area contributed by atoms with E-state index in [0.29, 0.717) is 13.0 Å². The molecule has 2 N–H and O–H groups in total. The number of rotatable bonds is 2. The Morgan fingerprint density at radius 2 is 1.91 bits per heavy atom. The van der Waals surface area contributed by atoms with Gasteiger partial charge in [-0.3, -0.25) is 0 Å².